The van der Waals surface area contributed by atoms with Crippen LogP contribution >= 0.6 is 11.6 Å². The molecule has 2 aromatic carbocycles. The molecule has 1 aliphatic rings. The molecule has 0 unspecified atom stereocenters. The molecule has 5 heteroatoms. The van der Waals surface area contributed by atoms with E-state index in [0.717, 1.165) is 16.8 Å². The van der Waals surface area contributed by atoms with Gasteiger partial charge in [0.1, 0.15) is 0 Å². The summed E-state index contributed by atoms with van der Waals surface area (Å²) in [7, 11) is 0. The van der Waals surface area contributed by atoms with E-state index in [4.69, 9.17) is 11.6 Å². The van der Waals surface area contributed by atoms with Crippen LogP contribution in [0.4, 0.5) is 11.4 Å². The van der Waals surface area contributed by atoms with E-state index < -0.39 is 0 Å². The summed E-state index contributed by atoms with van der Waals surface area (Å²) in [4.78, 5) is 26.4. The van der Waals surface area contributed by atoms with E-state index in [-0.39, 0.29) is 24.2 Å². The molecule has 1 saturated heterocycles. The van der Waals surface area contributed by atoms with Crippen molar-refractivity contribution >= 4 is 34.8 Å². The molecule has 2 amide bonds. The summed E-state index contributed by atoms with van der Waals surface area (Å²) in [5.41, 5.74) is 3.60. The Morgan fingerprint density at radius 3 is 2.67 bits per heavy atom. The Hall–Kier alpha value is -2.33. The smallest absolute Gasteiger partial charge is 0.229 e. The third-order valence-electron chi connectivity index (χ3n) is 4.28. The number of carbonyl (C=O) groups excluding carboxylic acids is 2. The normalized spacial score (nSPS) is 17.2. The Morgan fingerprint density at radius 2 is 1.96 bits per heavy atom. The molecule has 1 atom stereocenters. The van der Waals surface area contributed by atoms with Crippen LogP contribution in [0, 0.1) is 19.8 Å². The highest BCUT2D eigenvalue weighted by molar-refractivity contribution is 6.33. The third kappa shape index (κ3) is 3.29. The zero-order valence-corrected chi connectivity index (χ0v) is 14.4. The Balaban J connectivity index is 1.73. The van der Waals surface area contributed by atoms with Crippen LogP contribution in [0.25, 0.3) is 0 Å². The highest BCUT2D eigenvalue weighted by atomic mass is 35.5. The van der Waals surface area contributed by atoms with Crippen LogP contribution in [0.2, 0.25) is 5.02 Å². The topological polar surface area (TPSA) is 49.4 Å². The Kier molecular flexibility index (Phi) is 4.58. The summed E-state index contributed by atoms with van der Waals surface area (Å²) in [5, 5.41) is 3.45. The lowest BCUT2D eigenvalue weighted by Gasteiger charge is -2.18. The third-order valence-corrected chi connectivity index (χ3v) is 4.60. The van der Waals surface area contributed by atoms with E-state index >= 15 is 0 Å². The molecule has 0 spiro atoms. The summed E-state index contributed by atoms with van der Waals surface area (Å²) < 4.78 is 0. The fourth-order valence-corrected chi connectivity index (χ4v) is 3.21. The van der Waals surface area contributed by atoms with Gasteiger partial charge < -0.3 is 10.2 Å². The lowest BCUT2D eigenvalue weighted by molar-refractivity contribution is -0.122. The lowest BCUT2D eigenvalue weighted by atomic mass is 10.1. The molecule has 4 nitrogen and oxygen atoms in total. The van der Waals surface area contributed by atoms with E-state index in [1.165, 1.54) is 0 Å². The van der Waals surface area contributed by atoms with Crippen molar-refractivity contribution in [2.75, 3.05) is 16.8 Å². The van der Waals surface area contributed by atoms with Crippen molar-refractivity contribution in [2.45, 2.75) is 20.3 Å². The van der Waals surface area contributed by atoms with Gasteiger partial charge >= 0.3 is 0 Å². The van der Waals surface area contributed by atoms with Gasteiger partial charge in [0.2, 0.25) is 11.8 Å². The number of halogens is 1. The van der Waals surface area contributed by atoms with Crippen molar-refractivity contribution in [1.82, 2.24) is 0 Å². The largest absolute Gasteiger partial charge is 0.326 e. The first kappa shape index (κ1) is 16.5. The number of aryl methyl sites for hydroxylation is 2. The van der Waals surface area contributed by atoms with E-state index in [2.05, 4.69) is 5.32 Å². The molecular formula is C19H19ClN2O2. The quantitative estimate of drug-likeness (QED) is 0.918. The fourth-order valence-electron chi connectivity index (χ4n) is 2.98. The summed E-state index contributed by atoms with van der Waals surface area (Å²) in [6.45, 7) is 4.31. The van der Waals surface area contributed by atoms with Crippen LogP contribution in [-0.4, -0.2) is 18.4 Å². The first-order valence-electron chi connectivity index (χ1n) is 7.88. The Morgan fingerprint density at radius 1 is 1.21 bits per heavy atom. The van der Waals surface area contributed by atoms with E-state index in [9.17, 15) is 9.59 Å². The van der Waals surface area contributed by atoms with Crippen molar-refractivity contribution in [2.24, 2.45) is 5.92 Å². The maximum Gasteiger partial charge on any atom is 0.229 e. The maximum atomic E-state index is 12.5. The number of para-hydroxylation sites is 1. The second-order valence-corrected chi connectivity index (χ2v) is 6.57. The summed E-state index contributed by atoms with van der Waals surface area (Å²) in [5.74, 6) is -0.594. The molecule has 24 heavy (non-hydrogen) atoms. The number of benzene rings is 2. The minimum Gasteiger partial charge on any atom is -0.326 e. The van der Waals surface area contributed by atoms with Crippen molar-refractivity contribution in [3.8, 4) is 0 Å². The van der Waals surface area contributed by atoms with E-state index in [0.29, 0.717) is 17.3 Å². The zero-order chi connectivity index (χ0) is 17.3. The number of carbonyl (C=O) groups is 2. The van der Waals surface area contributed by atoms with Gasteiger partial charge in [-0.2, -0.15) is 0 Å². The molecule has 1 aliphatic heterocycles. The first-order chi connectivity index (χ1) is 11.5. The number of anilines is 2. The van der Waals surface area contributed by atoms with Crippen LogP contribution in [0.15, 0.2) is 42.5 Å². The van der Waals surface area contributed by atoms with Crippen molar-refractivity contribution < 1.29 is 9.59 Å². The van der Waals surface area contributed by atoms with Gasteiger partial charge in [-0.05, 0) is 37.6 Å². The summed E-state index contributed by atoms with van der Waals surface area (Å²) in [6.07, 6.45) is 0.196. The number of nitrogens with one attached hydrogen (secondary N) is 1. The van der Waals surface area contributed by atoms with Crippen LogP contribution in [0.5, 0.6) is 0 Å². The maximum absolute atomic E-state index is 12.5. The van der Waals surface area contributed by atoms with E-state index in [1.807, 2.05) is 44.2 Å². The van der Waals surface area contributed by atoms with Gasteiger partial charge in [0.25, 0.3) is 0 Å². The van der Waals surface area contributed by atoms with Crippen LogP contribution in [0.3, 0.4) is 0 Å². The average Bonchev–Trinajstić information content (AvgIpc) is 2.92. The minimum atomic E-state index is -0.380. The molecule has 0 radical (unpaired) electrons. The molecule has 0 bridgehead atoms. The van der Waals surface area contributed by atoms with Crippen LogP contribution in [0.1, 0.15) is 17.5 Å². The SMILES string of the molecule is Cc1ccc(NC(=O)[C@@H]2CC(=O)N(c3ccccc3Cl)C2)c(C)c1. The molecule has 0 saturated carbocycles. The number of rotatable bonds is 3. The summed E-state index contributed by atoms with van der Waals surface area (Å²) in [6, 6.07) is 13.1. The summed E-state index contributed by atoms with van der Waals surface area (Å²) >= 11 is 6.17. The average molecular weight is 343 g/mol. The van der Waals surface area contributed by atoms with E-state index in [1.54, 1.807) is 17.0 Å². The molecule has 1 fully saturated rings. The van der Waals surface area contributed by atoms with Crippen molar-refractivity contribution in [3.63, 3.8) is 0 Å². The predicted octanol–water partition coefficient (Wildman–Crippen LogP) is 3.95. The lowest BCUT2D eigenvalue weighted by Crippen LogP contribution is -2.28. The molecular weight excluding hydrogens is 324 g/mol. The monoisotopic (exact) mass is 342 g/mol. The highest BCUT2D eigenvalue weighted by Crippen LogP contribution is 2.31. The standard InChI is InChI=1S/C19H19ClN2O2/c1-12-7-8-16(13(2)9-12)21-19(24)14-10-18(23)22(11-14)17-6-4-3-5-15(17)20/h3-9,14H,10-11H2,1-2H3,(H,21,24)/t14-/m1/s1. The highest BCUT2D eigenvalue weighted by Gasteiger charge is 2.35. The van der Waals surface area contributed by atoms with Crippen molar-refractivity contribution in [1.29, 1.82) is 0 Å². The van der Waals surface area contributed by atoms with Gasteiger partial charge in [0.05, 0.1) is 16.6 Å². The van der Waals surface area contributed by atoms with Gasteiger partial charge in [-0.3, -0.25) is 9.59 Å². The number of amides is 2. The fraction of sp³-hybridized carbons (Fsp3) is 0.263. The predicted molar refractivity (Wildman–Crippen MR) is 96.5 cm³/mol. The van der Waals surface area contributed by atoms with Gasteiger partial charge in [-0.15, -0.1) is 0 Å². The second-order valence-electron chi connectivity index (χ2n) is 6.16. The second kappa shape index (κ2) is 6.65. The van der Waals surface area contributed by atoms with Crippen LogP contribution in [-0.2, 0) is 9.59 Å². The van der Waals surface area contributed by atoms with Gasteiger partial charge in [-0.25, -0.2) is 0 Å². The molecule has 1 N–H and O–H groups in total. The number of hydrogen-bond donors (Lipinski definition) is 1. The zero-order valence-electron chi connectivity index (χ0n) is 13.7. The molecule has 0 aliphatic carbocycles. The minimum absolute atomic E-state index is 0.0797. The van der Waals surface area contributed by atoms with Gasteiger partial charge in [0.15, 0.2) is 0 Å². The van der Waals surface area contributed by atoms with Gasteiger partial charge in [-0.1, -0.05) is 41.4 Å². The Labute approximate surface area is 146 Å². The van der Waals surface area contributed by atoms with Gasteiger partial charge in [0, 0.05) is 18.7 Å². The molecule has 3 rings (SSSR count). The Bertz CT molecular complexity index is 804. The molecule has 1 heterocycles. The number of hydrogen-bond acceptors (Lipinski definition) is 2. The molecule has 0 aromatic heterocycles. The number of nitrogens with zero attached hydrogens (tertiary/aromatic N) is 1. The first-order valence-corrected chi connectivity index (χ1v) is 8.26. The van der Waals surface area contributed by atoms with Crippen LogP contribution < -0.4 is 10.2 Å². The molecule has 2 aromatic rings. The molecule has 124 valence electrons. The van der Waals surface area contributed by atoms with Crippen molar-refractivity contribution in [3.05, 3.63) is 58.6 Å².